The zero-order valence-corrected chi connectivity index (χ0v) is 11.0. The number of nitrogens with zero attached hydrogens (tertiary/aromatic N) is 2. The van der Waals surface area contributed by atoms with Gasteiger partial charge in [-0.1, -0.05) is 35.3 Å². The van der Waals surface area contributed by atoms with Crippen LogP contribution >= 0.6 is 23.2 Å². The van der Waals surface area contributed by atoms with Crippen molar-refractivity contribution in [3.63, 3.8) is 0 Å². The Morgan fingerprint density at radius 2 is 1.94 bits per heavy atom. The van der Waals surface area contributed by atoms with E-state index in [4.69, 9.17) is 23.2 Å². The van der Waals surface area contributed by atoms with E-state index in [-0.39, 0.29) is 0 Å². The van der Waals surface area contributed by atoms with Gasteiger partial charge in [0.05, 0.1) is 15.7 Å². The third kappa shape index (κ3) is 2.21. The van der Waals surface area contributed by atoms with Crippen LogP contribution in [0.5, 0.6) is 0 Å². The number of hydrogen-bond donors (Lipinski definition) is 1. The van der Waals surface area contributed by atoms with Gasteiger partial charge in [0.1, 0.15) is 12.1 Å². The van der Waals surface area contributed by atoms with E-state index in [1.807, 2.05) is 26.1 Å². The van der Waals surface area contributed by atoms with Gasteiger partial charge in [-0.2, -0.15) is 0 Å². The minimum atomic E-state index is 0.512. The topological polar surface area (TPSA) is 37.8 Å². The van der Waals surface area contributed by atoms with Crippen molar-refractivity contribution in [1.29, 1.82) is 0 Å². The number of rotatable bonds is 2. The highest BCUT2D eigenvalue weighted by Gasteiger charge is 2.12. The van der Waals surface area contributed by atoms with Gasteiger partial charge in [-0.3, -0.25) is 0 Å². The van der Waals surface area contributed by atoms with E-state index < -0.39 is 0 Å². The van der Waals surface area contributed by atoms with E-state index in [0.29, 0.717) is 10.0 Å². The summed E-state index contributed by atoms with van der Waals surface area (Å²) in [5.74, 6) is 0.783. The largest absolute Gasteiger partial charge is 0.373 e. The van der Waals surface area contributed by atoms with E-state index in [1.54, 1.807) is 6.07 Å². The minimum absolute atomic E-state index is 0.512. The molecular weight excluding hydrogens is 257 g/mol. The highest BCUT2D eigenvalue weighted by atomic mass is 35.5. The van der Waals surface area contributed by atoms with Crippen LogP contribution in [0.2, 0.25) is 10.0 Å². The van der Waals surface area contributed by atoms with Crippen LogP contribution in [-0.4, -0.2) is 17.0 Å². The second kappa shape index (κ2) is 4.90. The molecule has 0 aliphatic heterocycles. The third-order valence-electron chi connectivity index (χ3n) is 2.53. The first-order valence-corrected chi connectivity index (χ1v) is 5.84. The Bertz CT molecular complexity index is 555. The SMILES string of the molecule is CNc1ncnc(-c2cccc(Cl)c2Cl)c1C. The van der Waals surface area contributed by atoms with E-state index in [1.165, 1.54) is 6.33 Å². The van der Waals surface area contributed by atoms with Crippen LogP contribution in [0.1, 0.15) is 5.56 Å². The molecule has 0 spiro atoms. The smallest absolute Gasteiger partial charge is 0.132 e. The summed E-state index contributed by atoms with van der Waals surface area (Å²) in [7, 11) is 1.82. The molecule has 0 amide bonds. The van der Waals surface area contributed by atoms with Crippen molar-refractivity contribution < 1.29 is 0 Å². The highest BCUT2D eigenvalue weighted by Crippen LogP contribution is 2.34. The number of halogens is 2. The summed E-state index contributed by atoms with van der Waals surface area (Å²) < 4.78 is 0. The summed E-state index contributed by atoms with van der Waals surface area (Å²) in [5.41, 5.74) is 2.55. The summed E-state index contributed by atoms with van der Waals surface area (Å²) in [5, 5.41) is 4.05. The maximum absolute atomic E-state index is 6.18. The van der Waals surface area contributed by atoms with Gasteiger partial charge < -0.3 is 5.32 Å². The van der Waals surface area contributed by atoms with Gasteiger partial charge in [0.15, 0.2) is 0 Å². The average Bonchev–Trinajstić information content (AvgIpc) is 2.33. The van der Waals surface area contributed by atoms with Crippen LogP contribution in [0.3, 0.4) is 0 Å². The van der Waals surface area contributed by atoms with Gasteiger partial charge in [0.2, 0.25) is 0 Å². The lowest BCUT2D eigenvalue weighted by atomic mass is 10.1. The van der Waals surface area contributed by atoms with Crippen LogP contribution in [0.4, 0.5) is 5.82 Å². The molecule has 2 aromatic rings. The Morgan fingerprint density at radius 1 is 1.18 bits per heavy atom. The predicted molar refractivity (Wildman–Crippen MR) is 71.8 cm³/mol. The Kier molecular flexibility index (Phi) is 3.50. The maximum Gasteiger partial charge on any atom is 0.132 e. The first-order chi connectivity index (χ1) is 8.15. The normalized spacial score (nSPS) is 10.4. The van der Waals surface area contributed by atoms with E-state index in [0.717, 1.165) is 22.6 Å². The lowest BCUT2D eigenvalue weighted by Gasteiger charge is -2.10. The Balaban J connectivity index is 2.65. The second-order valence-corrected chi connectivity index (χ2v) is 4.33. The molecule has 0 unspecified atom stereocenters. The molecule has 0 saturated carbocycles. The van der Waals surface area contributed by atoms with Crippen LogP contribution in [-0.2, 0) is 0 Å². The maximum atomic E-state index is 6.18. The van der Waals surface area contributed by atoms with Crippen molar-refractivity contribution in [2.45, 2.75) is 6.92 Å². The fourth-order valence-electron chi connectivity index (χ4n) is 1.66. The lowest BCUT2D eigenvalue weighted by Crippen LogP contribution is -1.99. The highest BCUT2D eigenvalue weighted by molar-refractivity contribution is 6.43. The van der Waals surface area contributed by atoms with Crippen molar-refractivity contribution in [2.75, 3.05) is 12.4 Å². The summed E-state index contributed by atoms with van der Waals surface area (Å²) in [4.78, 5) is 8.40. The molecule has 0 atom stereocenters. The molecular formula is C12H11Cl2N3. The summed E-state index contributed by atoms with van der Waals surface area (Å²) in [6.45, 7) is 1.94. The molecule has 0 saturated heterocycles. The van der Waals surface area contributed by atoms with E-state index in [9.17, 15) is 0 Å². The van der Waals surface area contributed by atoms with E-state index >= 15 is 0 Å². The van der Waals surface area contributed by atoms with E-state index in [2.05, 4.69) is 15.3 Å². The zero-order chi connectivity index (χ0) is 12.4. The number of benzene rings is 1. The van der Waals surface area contributed by atoms with Crippen LogP contribution in [0, 0.1) is 6.92 Å². The fourth-order valence-corrected chi connectivity index (χ4v) is 2.05. The van der Waals surface area contributed by atoms with Gasteiger partial charge in [0.25, 0.3) is 0 Å². The summed E-state index contributed by atoms with van der Waals surface area (Å²) in [6, 6.07) is 5.50. The van der Waals surface area contributed by atoms with Crippen molar-refractivity contribution >= 4 is 29.0 Å². The number of aromatic nitrogens is 2. The van der Waals surface area contributed by atoms with Crippen molar-refractivity contribution in [3.05, 3.63) is 40.1 Å². The number of anilines is 1. The molecule has 0 fully saturated rings. The third-order valence-corrected chi connectivity index (χ3v) is 3.35. The van der Waals surface area contributed by atoms with Gasteiger partial charge in [-0.25, -0.2) is 9.97 Å². The second-order valence-electron chi connectivity index (χ2n) is 3.55. The van der Waals surface area contributed by atoms with Crippen molar-refractivity contribution in [2.24, 2.45) is 0 Å². The van der Waals surface area contributed by atoms with Crippen LogP contribution in [0.15, 0.2) is 24.5 Å². The molecule has 0 bridgehead atoms. The molecule has 0 aliphatic rings. The first kappa shape index (κ1) is 12.1. The average molecular weight is 268 g/mol. The fraction of sp³-hybridized carbons (Fsp3) is 0.167. The molecule has 1 aromatic carbocycles. The number of hydrogen-bond acceptors (Lipinski definition) is 3. The lowest BCUT2D eigenvalue weighted by molar-refractivity contribution is 1.13. The number of nitrogens with one attached hydrogen (secondary N) is 1. The molecule has 3 nitrogen and oxygen atoms in total. The Labute approximate surface area is 110 Å². The van der Waals surface area contributed by atoms with Crippen LogP contribution < -0.4 is 5.32 Å². The molecule has 1 N–H and O–H groups in total. The quantitative estimate of drug-likeness (QED) is 0.900. The molecule has 1 heterocycles. The molecule has 2 rings (SSSR count). The van der Waals surface area contributed by atoms with Crippen molar-refractivity contribution in [1.82, 2.24) is 9.97 Å². The van der Waals surface area contributed by atoms with Crippen LogP contribution in [0.25, 0.3) is 11.3 Å². The zero-order valence-electron chi connectivity index (χ0n) is 9.46. The standard InChI is InChI=1S/C12H11Cl2N3/c1-7-11(16-6-17-12(7)15-2)8-4-3-5-9(13)10(8)14/h3-6H,1-2H3,(H,15,16,17). The van der Waals surface area contributed by atoms with Gasteiger partial charge >= 0.3 is 0 Å². The Morgan fingerprint density at radius 3 is 2.65 bits per heavy atom. The summed E-state index contributed by atoms with van der Waals surface area (Å²) >= 11 is 12.2. The first-order valence-electron chi connectivity index (χ1n) is 5.09. The molecule has 5 heteroatoms. The molecule has 1 aromatic heterocycles. The van der Waals surface area contributed by atoms with Gasteiger partial charge in [-0.05, 0) is 13.0 Å². The van der Waals surface area contributed by atoms with Crippen molar-refractivity contribution in [3.8, 4) is 11.3 Å². The summed E-state index contributed by atoms with van der Waals surface area (Å²) in [6.07, 6.45) is 1.51. The molecule has 17 heavy (non-hydrogen) atoms. The minimum Gasteiger partial charge on any atom is -0.373 e. The molecule has 88 valence electrons. The van der Waals surface area contributed by atoms with Gasteiger partial charge in [-0.15, -0.1) is 0 Å². The molecule has 0 radical (unpaired) electrons. The van der Waals surface area contributed by atoms with Gasteiger partial charge in [0, 0.05) is 18.2 Å². The predicted octanol–water partition coefficient (Wildman–Crippen LogP) is 3.80. The molecule has 0 aliphatic carbocycles. The monoisotopic (exact) mass is 267 g/mol. The Hall–Kier alpha value is -1.32.